The number of aryl methyl sites for hydroxylation is 2. The Bertz CT molecular complexity index is 556. The predicted octanol–water partition coefficient (Wildman–Crippen LogP) is 0.149. The molecule has 0 aliphatic rings. The summed E-state index contributed by atoms with van der Waals surface area (Å²) in [5, 5.41) is 6.81. The van der Waals surface area contributed by atoms with Crippen LogP contribution in [-0.2, 0) is 20.1 Å². The van der Waals surface area contributed by atoms with Crippen LogP contribution in [0.1, 0.15) is 23.2 Å². The van der Waals surface area contributed by atoms with Crippen LogP contribution in [0.5, 0.6) is 0 Å². The van der Waals surface area contributed by atoms with Gasteiger partial charge in [0.15, 0.2) is 0 Å². The molecule has 0 atom stereocenters. The lowest BCUT2D eigenvalue weighted by molar-refractivity contribution is 0.0940. The third kappa shape index (κ3) is 2.20. The standard InChI is InChI=1S/C11H16N6O/c1-3-17-10(8(12)6-15-17)11(18)14-7-9-13-4-5-16(9)2/h4-6H,3,7,12H2,1-2H3,(H,14,18). The zero-order chi connectivity index (χ0) is 13.1. The Morgan fingerprint density at radius 2 is 2.33 bits per heavy atom. The first-order valence-electron chi connectivity index (χ1n) is 5.69. The van der Waals surface area contributed by atoms with E-state index in [1.54, 1.807) is 10.9 Å². The molecule has 0 radical (unpaired) electrons. The van der Waals surface area contributed by atoms with Gasteiger partial charge in [-0.15, -0.1) is 0 Å². The summed E-state index contributed by atoms with van der Waals surface area (Å²) < 4.78 is 3.42. The smallest absolute Gasteiger partial charge is 0.272 e. The fourth-order valence-electron chi connectivity index (χ4n) is 1.70. The number of nitrogens with two attached hydrogens (primary N) is 1. The van der Waals surface area contributed by atoms with Crippen LogP contribution in [0.15, 0.2) is 18.6 Å². The highest BCUT2D eigenvalue weighted by atomic mass is 16.2. The molecule has 0 aliphatic carbocycles. The van der Waals surface area contributed by atoms with Gasteiger partial charge in [0.25, 0.3) is 5.91 Å². The SMILES string of the molecule is CCn1ncc(N)c1C(=O)NCc1nccn1C. The van der Waals surface area contributed by atoms with Gasteiger partial charge >= 0.3 is 0 Å². The minimum Gasteiger partial charge on any atom is -0.396 e. The van der Waals surface area contributed by atoms with E-state index in [4.69, 9.17) is 5.73 Å². The molecule has 0 aromatic carbocycles. The Morgan fingerprint density at radius 3 is 2.94 bits per heavy atom. The topological polar surface area (TPSA) is 90.8 Å². The molecule has 0 spiro atoms. The minimum atomic E-state index is -0.241. The van der Waals surface area contributed by atoms with E-state index < -0.39 is 0 Å². The molecule has 2 aromatic rings. The number of imidazole rings is 1. The number of aromatic nitrogens is 4. The minimum absolute atomic E-state index is 0.241. The lowest BCUT2D eigenvalue weighted by Gasteiger charge is -2.07. The number of carbonyl (C=O) groups excluding carboxylic acids is 1. The van der Waals surface area contributed by atoms with E-state index in [-0.39, 0.29) is 5.91 Å². The quantitative estimate of drug-likeness (QED) is 0.805. The summed E-state index contributed by atoms with van der Waals surface area (Å²) in [4.78, 5) is 16.2. The van der Waals surface area contributed by atoms with Crippen molar-refractivity contribution < 1.29 is 4.79 Å². The fraction of sp³-hybridized carbons (Fsp3) is 0.364. The number of nitrogens with zero attached hydrogens (tertiary/aromatic N) is 4. The monoisotopic (exact) mass is 248 g/mol. The summed E-state index contributed by atoms with van der Waals surface area (Å²) in [7, 11) is 1.87. The zero-order valence-electron chi connectivity index (χ0n) is 10.4. The Kier molecular flexibility index (Phi) is 3.31. The van der Waals surface area contributed by atoms with Crippen molar-refractivity contribution in [3.63, 3.8) is 0 Å². The zero-order valence-corrected chi connectivity index (χ0v) is 10.4. The largest absolute Gasteiger partial charge is 0.396 e. The third-order valence-corrected chi connectivity index (χ3v) is 2.71. The Morgan fingerprint density at radius 1 is 1.56 bits per heavy atom. The Hall–Kier alpha value is -2.31. The van der Waals surface area contributed by atoms with Crippen LogP contribution in [0.2, 0.25) is 0 Å². The molecule has 0 unspecified atom stereocenters. The average molecular weight is 248 g/mol. The molecule has 18 heavy (non-hydrogen) atoms. The molecule has 0 fully saturated rings. The highest BCUT2D eigenvalue weighted by molar-refractivity contribution is 5.97. The fourth-order valence-corrected chi connectivity index (χ4v) is 1.70. The molecule has 2 aromatic heterocycles. The van der Waals surface area contributed by atoms with E-state index in [0.717, 1.165) is 5.82 Å². The lowest BCUT2D eigenvalue weighted by Crippen LogP contribution is -2.27. The number of nitrogens with one attached hydrogen (secondary N) is 1. The van der Waals surface area contributed by atoms with E-state index in [9.17, 15) is 4.79 Å². The molecule has 0 saturated carbocycles. The first-order valence-corrected chi connectivity index (χ1v) is 5.69. The normalized spacial score (nSPS) is 10.6. The second-order valence-corrected chi connectivity index (χ2v) is 3.90. The van der Waals surface area contributed by atoms with E-state index in [2.05, 4.69) is 15.4 Å². The van der Waals surface area contributed by atoms with E-state index in [1.807, 2.05) is 24.7 Å². The highest BCUT2D eigenvalue weighted by Gasteiger charge is 2.16. The molecule has 7 heteroatoms. The van der Waals surface area contributed by atoms with Crippen molar-refractivity contribution in [1.82, 2.24) is 24.6 Å². The number of rotatable bonds is 4. The van der Waals surface area contributed by atoms with Crippen LogP contribution in [0, 0.1) is 0 Å². The predicted molar refractivity (Wildman–Crippen MR) is 66.7 cm³/mol. The van der Waals surface area contributed by atoms with Gasteiger partial charge in [0.2, 0.25) is 0 Å². The first-order chi connectivity index (χ1) is 8.63. The van der Waals surface area contributed by atoms with Crippen LogP contribution in [0.4, 0.5) is 5.69 Å². The van der Waals surface area contributed by atoms with Gasteiger partial charge in [0, 0.05) is 26.0 Å². The van der Waals surface area contributed by atoms with Gasteiger partial charge < -0.3 is 15.6 Å². The number of hydrogen-bond acceptors (Lipinski definition) is 4. The van der Waals surface area contributed by atoms with Crippen LogP contribution < -0.4 is 11.1 Å². The molecule has 2 heterocycles. The summed E-state index contributed by atoms with van der Waals surface area (Å²) >= 11 is 0. The molecule has 1 amide bonds. The average Bonchev–Trinajstić information content (AvgIpc) is 2.92. The van der Waals surface area contributed by atoms with Crippen molar-refractivity contribution >= 4 is 11.6 Å². The summed E-state index contributed by atoms with van der Waals surface area (Å²) in [6, 6.07) is 0. The molecule has 7 nitrogen and oxygen atoms in total. The second-order valence-electron chi connectivity index (χ2n) is 3.90. The van der Waals surface area contributed by atoms with E-state index in [1.165, 1.54) is 6.20 Å². The van der Waals surface area contributed by atoms with Crippen molar-refractivity contribution in [2.45, 2.75) is 20.0 Å². The Labute approximate surface area is 105 Å². The van der Waals surface area contributed by atoms with E-state index >= 15 is 0 Å². The van der Waals surface area contributed by atoms with Gasteiger partial charge in [-0.1, -0.05) is 0 Å². The van der Waals surface area contributed by atoms with Crippen molar-refractivity contribution in [1.29, 1.82) is 0 Å². The van der Waals surface area contributed by atoms with E-state index in [0.29, 0.717) is 24.5 Å². The number of hydrogen-bond donors (Lipinski definition) is 2. The third-order valence-electron chi connectivity index (χ3n) is 2.71. The van der Waals surface area contributed by atoms with Gasteiger partial charge in [-0.2, -0.15) is 5.10 Å². The molecular weight excluding hydrogens is 232 g/mol. The molecule has 96 valence electrons. The molecule has 0 aliphatic heterocycles. The van der Waals surface area contributed by atoms with Crippen molar-refractivity contribution in [2.24, 2.45) is 7.05 Å². The van der Waals surface area contributed by atoms with Gasteiger partial charge in [0.1, 0.15) is 11.5 Å². The van der Waals surface area contributed by atoms with Gasteiger partial charge in [-0.25, -0.2) is 4.98 Å². The van der Waals surface area contributed by atoms with Crippen molar-refractivity contribution in [3.05, 3.63) is 30.1 Å². The number of amides is 1. The summed E-state index contributed by atoms with van der Waals surface area (Å²) in [6.45, 7) is 2.86. The van der Waals surface area contributed by atoms with Crippen LogP contribution >= 0.6 is 0 Å². The summed E-state index contributed by atoms with van der Waals surface area (Å²) in [5.41, 5.74) is 6.51. The van der Waals surface area contributed by atoms with Crippen LogP contribution in [-0.4, -0.2) is 25.2 Å². The van der Waals surface area contributed by atoms with Crippen molar-refractivity contribution in [2.75, 3.05) is 5.73 Å². The molecule has 2 rings (SSSR count). The summed E-state index contributed by atoms with van der Waals surface area (Å²) in [6.07, 6.45) is 5.00. The lowest BCUT2D eigenvalue weighted by atomic mass is 10.3. The second kappa shape index (κ2) is 4.91. The maximum Gasteiger partial charge on any atom is 0.272 e. The molecule has 0 saturated heterocycles. The molecule has 3 N–H and O–H groups in total. The highest BCUT2D eigenvalue weighted by Crippen LogP contribution is 2.10. The molecular formula is C11H16N6O. The first kappa shape index (κ1) is 12.2. The number of carbonyl (C=O) groups is 1. The number of anilines is 1. The van der Waals surface area contributed by atoms with Crippen molar-refractivity contribution in [3.8, 4) is 0 Å². The van der Waals surface area contributed by atoms with Crippen LogP contribution in [0.25, 0.3) is 0 Å². The molecule has 0 bridgehead atoms. The maximum atomic E-state index is 12.0. The van der Waals surface area contributed by atoms with Crippen LogP contribution in [0.3, 0.4) is 0 Å². The van der Waals surface area contributed by atoms with Gasteiger partial charge in [-0.3, -0.25) is 9.48 Å². The Balaban J connectivity index is 2.08. The van der Waals surface area contributed by atoms with Gasteiger partial charge in [0.05, 0.1) is 18.4 Å². The number of nitrogen functional groups attached to an aromatic ring is 1. The van der Waals surface area contributed by atoms with Gasteiger partial charge in [-0.05, 0) is 6.92 Å². The maximum absolute atomic E-state index is 12.0. The summed E-state index contributed by atoms with van der Waals surface area (Å²) in [5.74, 6) is 0.541.